The summed E-state index contributed by atoms with van der Waals surface area (Å²) < 4.78 is 16.8. The lowest BCUT2D eigenvalue weighted by Crippen LogP contribution is -2.32. The monoisotopic (exact) mass is 247 g/mol. The number of phenols is 1. The molecule has 0 radical (unpaired) electrons. The van der Waals surface area contributed by atoms with Crippen molar-refractivity contribution < 1.29 is 23.4 Å². The van der Waals surface area contributed by atoms with Crippen molar-refractivity contribution in [2.24, 2.45) is 5.73 Å². The number of aliphatic carboxylic acids is 1. The number of carboxylic acid groups (broad SMARTS) is 1. The van der Waals surface area contributed by atoms with Gasteiger partial charge in [0.15, 0.2) is 0 Å². The number of phenolic OH excluding ortho intramolecular Hbond substituents is 1. The van der Waals surface area contributed by atoms with Gasteiger partial charge in [-0.2, -0.15) is 0 Å². The van der Waals surface area contributed by atoms with Gasteiger partial charge in [0, 0.05) is 0 Å². The lowest BCUT2D eigenvalue weighted by Gasteiger charge is -2.05. The minimum atomic E-state index is -1.42. The maximum atomic E-state index is 10.4. The van der Waals surface area contributed by atoms with E-state index in [9.17, 15) is 4.79 Å². The fourth-order valence-electron chi connectivity index (χ4n) is 0.973. The van der Waals surface area contributed by atoms with E-state index in [-0.39, 0.29) is 12.2 Å². The summed E-state index contributed by atoms with van der Waals surface area (Å²) in [7, 11) is 0. The molecule has 0 spiro atoms. The fraction of sp³-hybridized carbons (Fsp3) is 0.222. The molecule has 0 unspecified atom stereocenters. The molecule has 1 aromatic rings. The maximum Gasteiger partial charge on any atom is 0.320 e. The highest BCUT2D eigenvalue weighted by atomic mass is 32.1. The van der Waals surface area contributed by atoms with Crippen molar-refractivity contribution in [1.82, 2.24) is 0 Å². The van der Waals surface area contributed by atoms with Gasteiger partial charge < -0.3 is 15.9 Å². The number of rotatable bonds is 3. The zero-order valence-electron chi connectivity index (χ0n) is 8.29. The molecule has 0 bridgehead atoms. The van der Waals surface area contributed by atoms with E-state index >= 15 is 0 Å². The molecule has 1 aromatic carbocycles. The summed E-state index contributed by atoms with van der Waals surface area (Å²) in [5.41, 5.74) is 6.12. The van der Waals surface area contributed by atoms with Gasteiger partial charge >= 0.3 is 5.97 Å². The van der Waals surface area contributed by atoms with Gasteiger partial charge in [-0.25, -0.2) is 8.42 Å². The van der Waals surface area contributed by atoms with Crippen LogP contribution in [0.3, 0.4) is 0 Å². The Hall–Kier alpha value is -1.60. The molecule has 16 heavy (non-hydrogen) atoms. The number of carboxylic acids is 1. The average molecular weight is 247 g/mol. The van der Waals surface area contributed by atoms with Crippen LogP contribution in [0.1, 0.15) is 5.56 Å². The Balaban J connectivity index is 0.000000673. The Bertz CT molecular complexity index is 372. The summed E-state index contributed by atoms with van der Waals surface area (Å²) in [5, 5.41) is 17.5. The molecule has 1 atom stereocenters. The fourth-order valence-corrected chi connectivity index (χ4v) is 0.973. The van der Waals surface area contributed by atoms with Gasteiger partial charge in [0.2, 0.25) is 0 Å². The van der Waals surface area contributed by atoms with Crippen LogP contribution in [0.5, 0.6) is 5.75 Å². The standard InChI is InChI=1S/C9H11NO3.H2O2S/c10-8(9(12)13)5-6-1-3-7(11)4-2-6;1-3-2/h1-4,8,11H,5,10H2,(H,12,13);3H2/t8-;/m0./s1. The molecule has 1 rings (SSSR count). The number of aromatic hydroxyl groups is 1. The zero-order valence-corrected chi connectivity index (χ0v) is 9.29. The van der Waals surface area contributed by atoms with E-state index in [1.165, 1.54) is 12.1 Å². The molecule has 0 aliphatic carbocycles. The number of nitrogens with two attached hydrogens (primary N) is 1. The molecule has 0 aromatic heterocycles. The summed E-state index contributed by atoms with van der Waals surface area (Å²) in [6.07, 6.45) is 0.273. The van der Waals surface area contributed by atoms with Crippen molar-refractivity contribution in [3.63, 3.8) is 0 Å². The van der Waals surface area contributed by atoms with E-state index in [4.69, 9.17) is 24.4 Å². The van der Waals surface area contributed by atoms with E-state index in [1.807, 2.05) is 0 Å². The molecule has 0 saturated heterocycles. The van der Waals surface area contributed by atoms with E-state index in [0.717, 1.165) is 5.56 Å². The summed E-state index contributed by atoms with van der Waals surface area (Å²) in [5.74, 6) is -0.860. The first-order valence-corrected chi connectivity index (χ1v) is 5.08. The second kappa shape index (κ2) is 7.66. The van der Waals surface area contributed by atoms with Gasteiger partial charge in [-0.3, -0.25) is 4.79 Å². The SMILES string of the molecule is N[C@@H](Cc1ccc(O)cc1)C(=O)O.O=[SH2]=O. The molecule has 7 heteroatoms. The van der Waals surface area contributed by atoms with Gasteiger partial charge in [-0.1, -0.05) is 12.1 Å². The molecule has 0 aliphatic heterocycles. The summed E-state index contributed by atoms with van der Waals surface area (Å²) >= 11 is -1.42. The lowest BCUT2D eigenvalue weighted by atomic mass is 10.1. The molecule has 6 nitrogen and oxygen atoms in total. The van der Waals surface area contributed by atoms with E-state index < -0.39 is 23.6 Å². The third-order valence-corrected chi connectivity index (χ3v) is 1.71. The zero-order chi connectivity index (χ0) is 12.6. The molecule has 0 aliphatic rings. The highest BCUT2D eigenvalue weighted by Crippen LogP contribution is 2.10. The summed E-state index contributed by atoms with van der Waals surface area (Å²) in [4.78, 5) is 10.4. The lowest BCUT2D eigenvalue weighted by molar-refractivity contribution is -0.138. The van der Waals surface area contributed by atoms with Gasteiger partial charge in [0.1, 0.15) is 23.4 Å². The van der Waals surface area contributed by atoms with Crippen molar-refractivity contribution in [2.75, 3.05) is 0 Å². The minimum absolute atomic E-state index is 0.160. The van der Waals surface area contributed by atoms with Crippen molar-refractivity contribution in [1.29, 1.82) is 0 Å². The Morgan fingerprint density at radius 3 is 2.12 bits per heavy atom. The smallest absolute Gasteiger partial charge is 0.320 e. The molecular formula is C9H13NO5S. The quantitative estimate of drug-likeness (QED) is 0.639. The Kier molecular flexibility index (Phi) is 6.89. The van der Waals surface area contributed by atoms with Crippen molar-refractivity contribution in [2.45, 2.75) is 12.5 Å². The summed E-state index contributed by atoms with van der Waals surface area (Å²) in [6, 6.07) is 5.42. The van der Waals surface area contributed by atoms with E-state index in [0.29, 0.717) is 0 Å². The highest BCUT2D eigenvalue weighted by molar-refractivity contribution is 7.51. The van der Waals surface area contributed by atoms with Gasteiger partial charge in [0.25, 0.3) is 0 Å². The molecule has 4 N–H and O–H groups in total. The second-order valence-electron chi connectivity index (χ2n) is 2.90. The second-order valence-corrected chi connectivity index (χ2v) is 3.07. The molecule has 0 amide bonds. The number of carbonyl (C=O) groups is 1. The average Bonchev–Trinajstić information content (AvgIpc) is 2.22. The first-order valence-electron chi connectivity index (χ1n) is 4.26. The highest BCUT2D eigenvalue weighted by Gasteiger charge is 2.11. The molecule has 90 valence electrons. The first-order chi connectivity index (χ1) is 7.51. The molecule has 0 fully saturated rings. The largest absolute Gasteiger partial charge is 0.508 e. The van der Waals surface area contributed by atoms with Gasteiger partial charge in [-0.15, -0.1) is 0 Å². The van der Waals surface area contributed by atoms with Crippen LogP contribution in [-0.2, 0) is 22.8 Å². The van der Waals surface area contributed by atoms with Crippen LogP contribution in [0, 0.1) is 0 Å². The maximum absolute atomic E-state index is 10.4. The Morgan fingerprint density at radius 1 is 1.31 bits per heavy atom. The van der Waals surface area contributed by atoms with E-state index in [1.54, 1.807) is 12.1 Å². The normalized spacial score (nSPS) is 11.1. The number of hydrogen-bond acceptors (Lipinski definition) is 5. The van der Waals surface area contributed by atoms with Crippen molar-refractivity contribution in [3.8, 4) is 5.75 Å². The molecule has 0 saturated carbocycles. The van der Waals surface area contributed by atoms with Crippen LogP contribution in [0.4, 0.5) is 0 Å². The van der Waals surface area contributed by atoms with Crippen LogP contribution < -0.4 is 5.73 Å². The summed E-state index contributed by atoms with van der Waals surface area (Å²) in [6.45, 7) is 0. The number of hydrogen-bond donors (Lipinski definition) is 3. The molecular weight excluding hydrogens is 234 g/mol. The van der Waals surface area contributed by atoms with Gasteiger partial charge in [0.05, 0.1) is 0 Å². The van der Waals surface area contributed by atoms with Crippen molar-refractivity contribution >= 4 is 17.5 Å². The van der Waals surface area contributed by atoms with Crippen LogP contribution in [-0.4, -0.2) is 30.6 Å². The van der Waals surface area contributed by atoms with Crippen LogP contribution in [0.25, 0.3) is 0 Å². The van der Waals surface area contributed by atoms with Gasteiger partial charge in [-0.05, 0) is 24.1 Å². The minimum Gasteiger partial charge on any atom is -0.508 e. The predicted molar refractivity (Wildman–Crippen MR) is 59.1 cm³/mol. The van der Waals surface area contributed by atoms with Crippen molar-refractivity contribution in [3.05, 3.63) is 29.8 Å². The van der Waals surface area contributed by atoms with Crippen LogP contribution in [0.2, 0.25) is 0 Å². The Morgan fingerprint density at radius 2 is 1.75 bits per heavy atom. The third-order valence-electron chi connectivity index (χ3n) is 1.71. The third kappa shape index (κ3) is 5.99. The van der Waals surface area contributed by atoms with Crippen LogP contribution in [0.15, 0.2) is 24.3 Å². The molecule has 0 heterocycles. The van der Waals surface area contributed by atoms with Crippen LogP contribution >= 0.6 is 0 Å². The topological polar surface area (TPSA) is 118 Å². The first kappa shape index (κ1) is 14.4. The predicted octanol–water partition coefficient (Wildman–Crippen LogP) is -0.859. The Labute approximate surface area is 95.3 Å². The number of benzene rings is 1. The van der Waals surface area contributed by atoms with E-state index in [2.05, 4.69) is 0 Å².